The van der Waals surface area contributed by atoms with Gasteiger partial charge in [-0.3, -0.25) is 19.3 Å². The second-order valence-corrected chi connectivity index (χ2v) is 16.5. The highest BCUT2D eigenvalue weighted by Crippen LogP contribution is 2.42. The highest BCUT2D eigenvalue weighted by molar-refractivity contribution is 8.00. The summed E-state index contributed by atoms with van der Waals surface area (Å²) in [4.78, 5) is 59.1. The number of hydrogen-bond acceptors (Lipinski definition) is 14. The van der Waals surface area contributed by atoms with Crippen molar-refractivity contribution in [3.8, 4) is 5.75 Å². The number of amides is 2. The van der Waals surface area contributed by atoms with Crippen molar-refractivity contribution in [2.75, 3.05) is 45.1 Å². The number of thioether (sulfide) groups is 1. The third kappa shape index (κ3) is 9.37. The maximum absolute atomic E-state index is 14.1. The zero-order chi connectivity index (χ0) is 43.8. The fourth-order valence-corrected chi connectivity index (χ4v) is 9.49. The van der Waals surface area contributed by atoms with Gasteiger partial charge in [-0.1, -0.05) is 120 Å². The summed E-state index contributed by atoms with van der Waals surface area (Å²) in [6.07, 6.45) is 4.24. The summed E-state index contributed by atoms with van der Waals surface area (Å²) >= 11 is 2.38. The van der Waals surface area contributed by atoms with E-state index in [1.54, 1.807) is 42.5 Å². The minimum Gasteiger partial charge on any atom is -0.497 e. The first kappa shape index (κ1) is 43.3. The maximum Gasteiger partial charge on any atom is 0.355 e. The van der Waals surface area contributed by atoms with Crippen LogP contribution in [0.5, 0.6) is 5.75 Å². The third-order valence-electron chi connectivity index (χ3n) is 10.7. The van der Waals surface area contributed by atoms with Crippen LogP contribution >= 0.6 is 23.3 Å². The van der Waals surface area contributed by atoms with Crippen LogP contribution in [0.4, 0.5) is 9.52 Å². The molecule has 0 spiro atoms. The van der Waals surface area contributed by atoms with Gasteiger partial charge in [0, 0.05) is 30.9 Å². The molecule has 4 aromatic carbocycles. The molecular formula is C46H44FN7O7S2. The topological polar surface area (TPSA) is 157 Å². The van der Waals surface area contributed by atoms with Gasteiger partial charge < -0.3 is 24.9 Å². The average Bonchev–Trinajstić information content (AvgIpc) is 3.98. The number of halogens is 1. The Morgan fingerprint density at radius 3 is 2.21 bits per heavy atom. The molecule has 0 radical (unpaired) electrons. The zero-order valence-corrected chi connectivity index (χ0v) is 36.0. The number of benzene rings is 4. The van der Waals surface area contributed by atoms with Crippen molar-refractivity contribution in [2.24, 2.45) is 5.16 Å². The highest BCUT2D eigenvalue weighted by Gasteiger charge is 2.54. The largest absolute Gasteiger partial charge is 0.497 e. The van der Waals surface area contributed by atoms with E-state index in [9.17, 15) is 18.8 Å². The molecule has 1 aromatic heterocycles. The summed E-state index contributed by atoms with van der Waals surface area (Å²) in [6.45, 7) is -0.575. The lowest BCUT2D eigenvalue weighted by atomic mass is 9.77. The van der Waals surface area contributed by atoms with E-state index in [-0.39, 0.29) is 29.9 Å². The van der Waals surface area contributed by atoms with Crippen LogP contribution in [0.15, 0.2) is 144 Å². The number of carbonyl (C=O) groups is 3. The van der Waals surface area contributed by atoms with Gasteiger partial charge in [0.1, 0.15) is 48.3 Å². The van der Waals surface area contributed by atoms with Crippen LogP contribution in [-0.2, 0) is 40.9 Å². The van der Waals surface area contributed by atoms with Crippen LogP contribution in [0.2, 0.25) is 0 Å². The van der Waals surface area contributed by atoms with E-state index >= 15 is 0 Å². The number of β-lactam (4-membered cyclic amide) rings is 1. The van der Waals surface area contributed by atoms with E-state index in [0.717, 1.165) is 46.8 Å². The summed E-state index contributed by atoms with van der Waals surface area (Å²) < 4.78 is 28.8. The van der Waals surface area contributed by atoms with Crippen molar-refractivity contribution >= 4 is 51.9 Å². The molecule has 4 heterocycles. The molecule has 3 aliphatic heterocycles. The number of anilines is 1. The molecule has 2 saturated heterocycles. The molecule has 324 valence electrons. The Kier molecular flexibility index (Phi) is 13.6. The van der Waals surface area contributed by atoms with Crippen LogP contribution in [-0.4, -0.2) is 100 Å². The number of aromatic nitrogens is 2. The number of fused-ring (bicyclic) bond motifs is 1. The number of nitrogens with one attached hydrogen (secondary N) is 2. The predicted octanol–water partition coefficient (Wildman–Crippen LogP) is 6.23. The number of alkyl halides is 1. The second-order valence-electron chi connectivity index (χ2n) is 14.7. The van der Waals surface area contributed by atoms with Gasteiger partial charge in [-0.2, -0.15) is 14.4 Å². The van der Waals surface area contributed by atoms with Crippen molar-refractivity contribution in [1.82, 2.24) is 24.6 Å². The summed E-state index contributed by atoms with van der Waals surface area (Å²) in [5.74, 6) is -1.15. The van der Waals surface area contributed by atoms with Crippen molar-refractivity contribution in [1.29, 1.82) is 0 Å². The van der Waals surface area contributed by atoms with Gasteiger partial charge in [0.2, 0.25) is 16.7 Å². The Morgan fingerprint density at radius 1 is 0.968 bits per heavy atom. The van der Waals surface area contributed by atoms with E-state index in [4.69, 9.17) is 24.1 Å². The fraction of sp³-hybridized carbons (Fsp3) is 0.261. The van der Waals surface area contributed by atoms with Crippen molar-refractivity contribution in [3.63, 3.8) is 0 Å². The van der Waals surface area contributed by atoms with Gasteiger partial charge in [0.25, 0.3) is 11.8 Å². The standard InChI is InChI=1S/C46H44FN7O7S2/c1-53-26-24-36(61-53)23-20-31-29-62-43-38(42(56)54(43)39(31)44(57)59-28-30-18-21-35(58-2)22-19-30)48-41(55)37(51-60-27-25-47)40-49-45(63-52-40)50-46(32-12-6-3-7-13-32,33-14-8-4-9-15-33)34-16-10-5-11-17-34/h3-23,36,38,43H,24-29H2,1-2H3,(H,48,55)(H,49,50,52)/b23-20+,51-37-/t36?,38-,43-/m1/s1. The molecular weight excluding hydrogens is 846 g/mol. The first-order chi connectivity index (χ1) is 30.8. The van der Waals surface area contributed by atoms with Gasteiger partial charge in [-0.25, -0.2) is 9.18 Å². The Balaban J connectivity index is 1.05. The number of hydroxylamine groups is 2. The Hall–Kier alpha value is -6.40. The molecule has 2 fully saturated rings. The molecule has 63 heavy (non-hydrogen) atoms. The number of carbonyl (C=O) groups excluding carboxylic acids is 3. The fourth-order valence-electron chi connectivity index (χ4n) is 7.55. The first-order valence-corrected chi connectivity index (χ1v) is 22.0. The number of ether oxygens (including phenoxy) is 2. The summed E-state index contributed by atoms with van der Waals surface area (Å²) in [5.41, 5.74) is 2.86. The lowest BCUT2D eigenvalue weighted by Gasteiger charge is -2.49. The molecule has 0 saturated carbocycles. The average molecular weight is 890 g/mol. The van der Waals surface area contributed by atoms with Crippen molar-refractivity contribution in [2.45, 2.75) is 36.1 Å². The molecule has 2 amide bonds. The number of esters is 1. The van der Waals surface area contributed by atoms with E-state index < -0.39 is 48.0 Å². The summed E-state index contributed by atoms with van der Waals surface area (Å²) in [7, 11) is 3.41. The monoisotopic (exact) mass is 889 g/mol. The van der Waals surface area contributed by atoms with Crippen LogP contribution in [0.3, 0.4) is 0 Å². The van der Waals surface area contributed by atoms with Crippen LogP contribution in [0.25, 0.3) is 0 Å². The predicted molar refractivity (Wildman–Crippen MR) is 237 cm³/mol. The van der Waals surface area contributed by atoms with E-state index in [1.807, 2.05) is 104 Å². The maximum atomic E-state index is 14.1. The van der Waals surface area contributed by atoms with E-state index in [0.29, 0.717) is 22.2 Å². The van der Waals surface area contributed by atoms with Crippen LogP contribution < -0.4 is 15.4 Å². The molecule has 14 nitrogen and oxygen atoms in total. The number of methoxy groups -OCH3 is 1. The molecule has 3 atom stereocenters. The van der Waals surface area contributed by atoms with Gasteiger partial charge in [0.05, 0.1) is 13.2 Å². The lowest BCUT2D eigenvalue weighted by molar-refractivity contribution is -0.153. The number of rotatable bonds is 17. The van der Waals surface area contributed by atoms with Gasteiger partial charge in [-0.15, -0.1) is 11.8 Å². The molecule has 0 bridgehead atoms. The van der Waals surface area contributed by atoms with E-state index in [2.05, 4.69) is 20.2 Å². The summed E-state index contributed by atoms with van der Waals surface area (Å²) in [5, 5.41) is 11.8. The summed E-state index contributed by atoms with van der Waals surface area (Å²) in [6, 6.07) is 35.7. The smallest absolute Gasteiger partial charge is 0.355 e. The minimum absolute atomic E-state index is 0.0424. The Labute approximate surface area is 371 Å². The lowest BCUT2D eigenvalue weighted by Crippen LogP contribution is -2.71. The highest BCUT2D eigenvalue weighted by atomic mass is 32.2. The zero-order valence-electron chi connectivity index (χ0n) is 34.4. The molecule has 17 heteroatoms. The van der Waals surface area contributed by atoms with Crippen LogP contribution in [0, 0.1) is 0 Å². The molecule has 0 aliphatic carbocycles. The molecule has 8 rings (SSSR count). The van der Waals surface area contributed by atoms with Crippen LogP contribution in [0.1, 0.15) is 34.5 Å². The third-order valence-corrected chi connectivity index (χ3v) is 12.6. The number of hydrogen-bond donors (Lipinski definition) is 2. The molecule has 1 unspecified atom stereocenters. The molecule has 5 aromatic rings. The molecule has 3 aliphatic rings. The van der Waals surface area contributed by atoms with Gasteiger partial charge in [0.15, 0.2) is 0 Å². The van der Waals surface area contributed by atoms with Crippen molar-refractivity contribution in [3.05, 3.63) is 167 Å². The van der Waals surface area contributed by atoms with E-state index in [1.165, 1.54) is 16.7 Å². The number of allylic oxidation sites excluding steroid dienone is 1. The Bertz CT molecular complexity index is 2390. The normalized spacial score (nSPS) is 19.1. The number of nitrogens with zero attached hydrogens (tertiary/aromatic N) is 5. The SMILES string of the molecule is COc1ccc(COC(=O)C2=C(/C=C/C3CCN(C)O3)CS[C@@H]3[C@H](NC(=O)/C(=N\OCCF)c4nsc(NC(c5ccccc5)(c5ccccc5)c5ccccc5)n4)C(=O)N23)cc1. The minimum atomic E-state index is -1.06. The number of oxime groups is 1. The van der Waals surface area contributed by atoms with Crippen molar-refractivity contribution < 1.29 is 37.9 Å². The first-order valence-electron chi connectivity index (χ1n) is 20.2. The van der Waals surface area contributed by atoms with Gasteiger partial charge in [-0.05, 0) is 46.4 Å². The quantitative estimate of drug-likeness (QED) is 0.0272. The Morgan fingerprint density at radius 2 is 1.62 bits per heavy atom. The second kappa shape index (κ2) is 19.8. The van der Waals surface area contributed by atoms with Gasteiger partial charge >= 0.3 is 5.97 Å². The molecule has 2 N–H and O–H groups in total.